The van der Waals surface area contributed by atoms with E-state index in [1.165, 1.54) is 26.0 Å². The Balaban J connectivity index is 1.76. The lowest BCUT2D eigenvalue weighted by Gasteiger charge is -2.46. The zero-order valence-electron chi connectivity index (χ0n) is 35.4. The molecule has 4 heterocycles. The molecular weight excluding hydrogens is 734 g/mol. The van der Waals surface area contributed by atoms with Gasteiger partial charge in [-0.2, -0.15) is 0 Å². The van der Waals surface area contributed by atoms with Gasteiger partial charge in [-0.25, -0.2) is 4.79 Å². The number of Topliss-reactive ketones (excluding diaryl/α,β-unsaturated/α-hetero) is 1. The van der Waals surface area contributed by atoms with E-state index in [0.29, 0.717) is 56.9 Å². The van der Waals surface area contributed by atoms with E-state index < -0.39 is 83.9 Å². The molecule has 2 bridgehead atoms. The first-order valence-electron chi connectivity index (χ1n) is 20.8. The molecule has 2 saturated heterocycles. The topological polar surface area (TPSA) is 178 Å². The van der Waals surface area contributed by atoms with Crippen molar-refractivity contribution in [3.63, 3.8) is 0 Å². The second-order valence-corrected chi connectivity index (χ2v) is 17.5. The van der Waals surface area contributed by atoms with Gasteiger partial charge in [-0.1, -0.05) is 37.6 Å². The standard InChI is InChI=1S/C44H69NO12/c1-10-13-30-19-25(2)18-26(3)20-36(54-8)39-37(55-9)24-44(6,43(52)57-39)40(49)41(50)45-17-12-11-14-31(45)42(51)56-38(28(5)33(47)23-34(30)48)27(4)21-29-15-16-32(46)35(22-29)53-7/h10,19,21,26,28-33,35-40,46-47,49H,1,11-18,20,22-24H2,2-9H3/b25-19+,27-21+/t26-,28+,29-,30+,31-,32+,33-,35+,36-,37-,38+,39+,40-,44+/m0/s1. The maximum absolute atomic E-state index is 14.3. The van der Waals surface area contributed by atoms with Gasteiger partial charge >= 0.3 is 11.9 Å². The van der Waals surface area contributed by atoms with Crippen molar-refractivity contribution in [3.8, 4) is 0 Å². The van der Waals surface area contributed by atoms with E-state index in [0.717, 1.165) is 5.57 Å². The van der Waals surface area contributed by atoms with Crippen molar-refractivity contribution >= 4 is 23.6 Å². The third-order valence-corrected chi connectivity index (χ3v) is 13.0. The minimum atomic E-state index is -1.84. The van der Waals surface area contributed by atoms with Gasteiger partial charge in [0.2, 0.25) is 0 Å². The number of amides is 1. The largest absolute Gasteiger partial charge is 0.456 e. The molecule has 1 saturated carbocycles. The molecule has 14 atom stereocenters. The van der Waals surface area contributed by atoms with Crippen LogP contribution >= 0.6 is 0 Å². The molecule has 13 heteroatoms. The summed E-state index contributed by atoms with van der Waals surface area (Å²) in [4.78, 5) is 57.6. The number of fused-ring (bicyclic) bond motifs is 15. The molecule has 57 heavy (non-hydrogen) atoms. The molecule has 3 N–H and O–H groups in total. The van der Waals surface area contributed by atoms with Crippen molar-refractivity contribution in [3.05, 3.63) is 36.0 Å². The van der Waals surface area contributed by atoms with E-state index in [1.54, 1.807) is 20.1 Å². The molecule has 0 radical (unpaired) electrons. The number of nitrogens with zero attached hydrogens (tertiary/aromatic N) is 1. The summed E-state index contributed by atoms with van der Waals surface area (Å²) in [5.74, 6) is -3.65. The van der Waals surface area contributed by atoms with Crippen LogP contribution in [0, 0.1) is 29.1 Å². The Morgan fingerprint density at radius 3 is 2.26 bits per heavy atom. The van der Waals surface area contributed by atoms with E-state index in [-0.39, 0.29) is 49.5 Å². The minimum Gasteiger partial charge on any atom is -0.456 e. The Kier molecular flexibility index (Phi) is 17.1. The van der Waals surface area contributed by atoms with Crippen molar-refractivity contribution in [2.45, 2.75) is 160 Å². The van der Waals surface area contributed by atoms with Gasteiger partial charge in [0.05, 0.1) is 30.5 Å². The Hall–Kier alpha value is -2.94. The number of rotatable bonds is 7. The Bertz CT molecular complexity index is 1480. The molecule has 0 unspecified atom stereocenters. The fraction of sp³-hybridized carbons (Fsp3) is 0.773. The normalized spacial score (nSPS) is 40.8. The van der Waals surface area contributed by atoms with Crippen LogP contribution in [0.15, 0.2) is 36.0 Å². The Labute approximate surface area is 339 Å². The number of ketones is 1. The maximum Gasteiger partial charge on any atom is 0.329 e. The number of allylic oxidation sites excluding steroid dienone is 4. The number of carbonyl (C=O) groups is 4. The van der Waals surface area contributed by atoms with Crippen LogP contribution in [0.3, 0.4) is 0 Å². The first kappa shape index (κ1) is 46.7. The third-order valence-electron chi connectivity index (χ3n) is 13.0. The second kappa shape index (κ2) is 20.8. The summed E-state index contributed by atoms with van der Waals surface area (Å²) in [5.41, 5.74) is -0.0441. The number of aliphatic hydroxyl groups is 3. The highest BCUT2D eigenvalue weighted by Crippen LogP contribution is 2.41. The van der Waals surface area contributed by atoms with Gasteiger partial charge in [-0.15, -0.1) is 6.58 Å². The summed E-state index contributed by atoms with van der Waals surface area (Å²) in [6.45, 7) is 13.1. The lowest BCUT2D eigenvalue weighted by atomic mass is 9.74. The number of methoxy groups -OCH3 is 3. The van der Waals surface area contributed by atoms with Crippen LogP contribution < -0.4 is 0 Å². The van der Waals surface area contributed by atoms with Crippen molar-refractivity contribution in [1.82, 2.24) is 4.90 Å². The highest BCUT2D eigenvalue weighted by molar-refractivity contribution is 5.92. The molecular formula is C44H69NO12. The summed E-state index contributed by atoms with van der Waals surface area (Å²) < 4.78 is 29.5. The number of hydrogen-bond donors (Lipinski definition) is 3. The van der Waals surface area contributed by atoms with Crippen molar-refractivity contribution in [1.29, 1.82) is 0 Å². The van der Waals surface area contributed by atoms with Gasteiger partial charge in [-0.05, 0) is 102 Å². The average Bonchev–Trinajstić information content (AvgIpc) is 3.18. The Morgan fingerprint density at radius 2 is 1.61 bits per heavy atom. The fourth-order valence-electron chi connectivity index (χ4n) is 9.43. The summed E-state index contributed by atoms with van der Waals surface area (Å²) in [5, 5.41) is 33.9. The molecule has 1 amide bonds. The van der Waals surface area contributed by atoms with Crippen LogP contribution in [-0.4, -0.2) is 127 Å². The van der Waals surface area contributed by atoms with Crippen LogP contribution in [0.4, 0.5) is 0 Å². The van der Waals surface area contributed by atoms with Crippen LogP contribution in [0.1, 0.15) is 105 Å². The zero-order chi connectivity index (χ0) is 42.2. The molecule has 5 rings (SSSR count). The number of carbonyl (C=O) groups excluding carboxylic acids is 4. The van der Waals surface area contributed by atoms with Gasteiger partial charge < -0.3 is 43.9 Å². The first-order valence-corrected chi connectivity index (χ1v) is 20.8. The number of hydrogen-bond acceptors (Lipinski definition) is 12. The average molecular weight is 804 g/mol. The second-order valence-electron chi connectivity index (χ2n) is 17.5. The lowest BCUT2D eigenvalue weighted by Crippen LogP contribution is -2.62. The lowest BCUT2D eigenvalue weighted by molar-refractivity contribution is -0.213. The molecule has 0 aromatic carbocycles. The predicted octanol–water partition coefficient (Wildman–Crippen LogP) is 4.64. The summed E-state index contributed by atoms with van der Waals surface area (Å²) in [6.07, 6.45) is 3.13. The van der Waals surface area contributed by atoms with Gasteiger partial charge in [0, 0.05) is 46.1 Å². The van der Waals surface area contributed by atoms with Crippen molar-refractivity contribution in [2.24, 2.45) is 29.1 Å². The number of piperidine rings is 1. The van der Waals surface area contributed by atoms with Crippen LogP contribution in [-0.2, 0) is 42.9 Å². The number of ether oxygens (including phenoxy) is 5. The van der Waals surface area contributed by atoms with Gasteiger partial charge in [0.15, 0.2) is 6.10 Å². The molecule has 322 valence electrons. The van der Waals surface area contributed by atoms with Crippen LogP contribution in [0.25, 0.3) is 0 Å². The quantitative estimate of drug-likeness (QED) is 0.240. The van der Waals surface area contributed by atoms with E-state index >= 15 is 0 Å². The molecule has 13 nitrogen and oxygen atoms in total. The van der Waals surface area contributed by atoms with Crippen molar-refractivity contribution in [2.75, 3.05) is 27.9 Å². The van der Waals surface area contributed by atoms with E-state index in [4.69, 9.17) is 23.7 Å². The molecule has 1 aliphatic carbocycles. The summed E-state index contributed by atoms with van der Waals surface area (Å²) in [7, 11) is 4.59. The SMILES string of the molecule is C=CC[C@@H]1/C=C(\C)C[C@H](C)C[C@H](OC)[C@H]2OC(=O)[C@](C)(C[C@@H]2OC)[C@@H](O)C(=O)N2CCCC[C@H]2C(=O)O[C@H](/C(C)=C/[C@@H]2CC[C@@H](O)[C@H](OC)C2)[C@H](C)[C@@H](O)CC1=O. The van der Waals surface area contributed by atoms with Gasteiger partial charge in [0.25, 0.3) is 5.91 Å². The maximum atomic E-state index is 14.3. The van der Waals surface area contributed by atoms with E-state index in [1.807, 2.05) is 32.9 Å². The molecule has 0 aromatic heterocycles. The molecule has 0 aromatic rings. The van der Waals surface area contributed by atoms with Crippen LogP contribution in [0.5, 0.6) is 0 Å². The smallest absolute Gasteiger partial charge is 0.329 e. The molecule has 3 fully saturated rings. The number of esters is 2. The van der Waals surface area contributed by atoms with E-state index in [2.05, 4.69) is 6.58 Å². The zero-order valence-corrected chi connectivity index (χ0v) is 35.4. The third kappa shape index (κ3) is 11.2. The highest BCUT2D eigenvalue weighted by atomic mass is 16.6. The Morgan fingerprint density at radius 1 is 0.930 bits per heavy atom. The molecule has 5 aliphatic rings. The highest BCUT2D eigenvalue weighted by Gasteiger charge is 2.56. The van der Waals surface area contributed by atoms with Crippen LogP contribution in [0.2, 0.25) is 0 Å². The molecule has 4 aliphatic heterocycles. The summed E-state index contributed by atoms with van der Waals surface area (Å²) >= 11 is 0. The monoisotopic (exact) mass is 803 g/mol. The minimum absolute atomic E-state index is 0.00145. The van der Waals surface area contributed by atoms with Crippen molar-refractivity contribution < 1.29 is 58.2 Å². The van der Waals surface area contributed by atoms with Gasteiger partial charge in [-0.3, -0.25) is 14.4 Å². The van der Waals surface area contributed by atoms with Gasteiger partial charge in [0.1, 0.15) is 29.4 Å². The van der Waals surface area contributed by atoms with E-state index in [9.17, 15) is 34.5 Å². The first-order chi connectivity index (χ1) is 27.0. The molecule has 0 spiro atoms. The fourth-order valence-corrected chi connectivity index (χ4v) is 9.43. The summed E-state index contributed by atoms with van der Waals surface area (Å²) in [6, 6.07) is -1.07. The predicted molar refractivity (Wildman–Crippen MR) is 213 cm³/mol. The number of aliphatic hydroxyl groups excluding tert-OH is 3.